The van der Waals surface area contributed by atoms with Crippen LogP contribution in [0.15, 0.2) is 194 Å². The quantitative estimate of drug-likeness (QED) is 0.173. The Hall–Kier alpha value is -7.42. The van der Waals surface area contributed by atoms with E-state index in [0.29, 0.717) is 0 Å². The van der Waals surface area contributed by atoms with Gasteiger partial charge >= 0.3 is 0 Å². The van der Waals surface area contributed by atoms with Crippen LogP contribution in [-0.4, -0.2) is 9.13 Å². The Morgan fingerprint density at radius 2 is 0.911 bits per heavy atom. The number of benzene rings is 10. The van der Waals surface area contributed by atoms with Gasteiger partial charge in [-0.25, -0.2) is 0 Å². The van der Waals surface area contributed by atoms with Crippen LogP contribution in [0.4, 0.5) is 0 Å². The first-order valence-electron chi connectivity index (χ1n) is 19.4. The minimum atomic E-state index is 1.16. The largest absolute Gasteiger partial charge is 0.309 e. The van der Waals surface area contributed by atoms with Gasteiger partial charge in [-0.2, -0.15) is 0 Å². The molecule has 2 nitrogen and oxygen atoms in total. The zero-order valence-corrected chi connectivity index (χ0v) is 30.4. The molecule has 56 heavy (non-hydrogen) atoms. The van der Waals surface area contributed by atoms with Crippen molar-refractivity contribution in [3.05, 3.63) is 194 Å². The summed E-state index contributed by atoms with van der Waals surface area (Å²) in [7, 11) is 0. The minimum absolute atomic E-state index is 1.16. The van der Waals surface area contributed by atoms with Crippen LogP contribution in [0.1, 0.15) is 0 Å². The standard InChI is InChI=1S/C54H32N2/c1-2-12-37(13-3-1)56-53-40-14-5-4-11-33(40)24-26-46(53)47-29-30-50-52(54(47)56)48-17-8-9-20-49(48)55(50)38-25-23-34-31-36(22-21-35(34)32-38)39-27-28-45-42-16-7-6-15-41(42)44-19-10-18-43(39)51(44)45/h1-32H. The van der Waals surface area contributed by atoms with Crippen molar-refractivity contribution >= 4 is 75.9 Å². The maximum absolute atomic E-state index is 2.51. The molecule has 13 rings (SSSR count). The van der Waals surface area contributed by atoms with Crippen molar-refractivity contribution in [3.63, 3.8) is 0 Å². The van der Waals surface area contributed by atoms with Gasteiger partial charge in [-0.1, -0.05) is 152 Å². The lowest BCUT2D eigenvalue weighted by molar-refractivity contribution is 1.18. The number of nitrogens with zero attached hydrogens (tertiary/aromatic N) is 2. The molecule has 0 amide bonds. The van der Waals surface area contributed by atoms with E-state index >= 15 is 0 Å². The normalized spacial score (nSPS) is 12.3. The Bertz CT molecular complexity index is 3610. The molecule has 0 radical (unpaired) electrons. The fraction of sp³-hybridized carbons (Fsp3) is 0. The van der Waals surface area contributed by atoms with Crippen molar-refractivity contribution < 1.29 is 0 Å². The third kappa shape index (κ3) is 3.95. The highest BCUT2D eigenvalue weighted by atomic mass is 15.0. The highest BCUT2D eigenvalue weighted by molar-refractivity contribution is 6.29. The van der Waals surface area contributed by atoms with E-state index < -0.39 is 0 Å². The second-order valence-corrected chi connectivity index (χ2v) is 15.2. The molecule has 10 aromatic carbocycles. The molecule has 1 aliphatic carbocycles. The van der Waals surface area contributed by atoms with E-state index in [1.807, 2.05) is 0 Å². The van der Waals surface area contributed by atoms with Crippen LogP contribution >= 0.6 is 0 Å². The van der Waals surface area contributed by atoms with Crippen LogP contribution in [-0.2, 0) is 0 Å². The molecule has 0 N–H and O–H groups in total. The monoisotopic (exact) mass is 708 g/mol. The lowest BCUT2D eigenvalue weighted by atomic mass is 9.93. The number of para-hydroxylation sites is 2. The first kappa shape index (κ1) is 30.0. The summed E-state index contributed by atoms with van der Waals surface area (Å²) >= 11 is 0. The van der Waals surface area contributed by atoms with Gasteiger partial charge in [-0.15, -0.1) is 0 Å². The number of hydrogen-bond acceptors (Lipinski definition) is 0. The van der Waals surface area contributed by atoms with Gasteiger partial charge in [-0.05, 0) is 103 Å². The second kappa shape index (κ2) is 11.1. The molecule has 2 aromatic heterocycles. The van der Waals surface area contributed by atoms with Gasteiger partial charge in [-0.3, -0.25) is 0 Å². The Kier molecular flexibility index (Phi) is 5.92. The van der Waals surface area contributed by atoms with Crippen molar-refractivity contribution in [1.82, 2.24) is 9.13 Å². The molecule has 0 fully saturated rings. The minimum Gasteiger partial charge on any atom is -0.309 e. The first-order chi connectivity index (χ1) is 27.8. The highest BCUT2D eigenvalue weighted by Crippen LogP contribution is 2.49. The zero-order chi connectivity index (χ0) is 36.5. The molecular formula is C54H32N2. The summed E-state index contributed by atoms with van der Waals surface area (Å²) in [6.07, 6.45) is 0. The van der Waals surface area contributed by atoms with Gasteiger partial charge in [0.25, 0.3) is 0 Å². The van der Waals surface area contributed by atoms with Crippen molar-refractivity contribution in [2.24, 2.45) is 0 Å². The van der Waals surface area contributed by atoms with Crippen LogP contribution in [0.3, 0.4) is 0 Å². The van der Waals surface area contributed by atoms with Crippen LogP contribution in [0, 0.1) is 0 Å². The summed E-state index contributed by atoms with van der Waals surface area (Å²) < 4.78 is 4.97. The molecule has 0 saturated carbocycles. The summed E-state index contributed by atoms with van der Waals surface area (Å²) in [5, 5.41) is 12.7. The lowest BCUT2D eigenvalue weighted by Crippen LogP contribution is -1.96. The second-order valence-electron chi connectivity index (χ2n) is 15.2. The third-order valence-corrected chi connectivity index (χ3v) is 12.4. The number of fused-ring (bicyclic) bond motifs is 13. The lowest BCUT2D eigenvalue weighted by Gasteiger charge is -2.13. The van der Waals surface area contributed by atoms with Crippen LogP contribution < -0.4 is 0 Å². The van der Waals surface area contributed by atoms with Crippen LogP contribution in [0.2, 0.25) is 0 Å². The summed E-state index contributed by atoms with van der Waals surface area (Å²) in [6, 6.07) is 71.9. The van der Waals surface area contributed by atoms with Crippen molar-refractivity contribution in [1.29, 1.82) is 0 Å². The molecule has 0 aliphatic heterocycles. The summed E-state index contributed by atoms with van der Waals surface area (Å²) in [4.78, 5) is 0. The van der Waals surface area contributed by atoms with Crippen molar-refractivity contribution in [3.8, 4) is 44.8 Å². The van der Waals surface area contributed by atoms with Crippen molar-refractivity contribution in [2.75, 3.05) is 0 Å². The Morgan fingerprint density at radius 3 is 1.80 bits per heavy atom. The summed E-state index contributed by atoms with van der Waals surface area (Å²) in [5.41, 5.74) is 15.1. The molecule has 0 unspecified atom stereocenters. The Morgan fingerprint density at radius 1 is 0.268 bits per heavy atom. The van der Waals surface area contributed by atoms with E-state index in [1.165, 1.54) is 115 Å². The third-order valence-electron chi connectivity index (χ3n) is 12.4. The van der Waals surface area contributed by atoms with Gasteiger partial charge < -0.3 is 9.13 Å². The average molecular weight is 709 g/mol. The summed E-state index contributed by atoms with van der Waals surface area (Å²) in [6.45, 7) is 0. The SMILES string of the molecule is c1ccc(-n2c3c4ccccc4ccc3c3ccc4c(c5ccccc5n4-c4ccc5cc(-c6ccc7c8c(cccc68)-c6ccccc6-7)ccc5c4)c32)cc1. The van der Waals surface area contributed by atoms with Crippen LogP contribution in [0.25, 0.3) is 121 Å². The number of rotatable bonds is 3. The molecule has 0 atom stereocenters. The van der Waals surface area contributed by atoms with Crippen LogP contribution in [0.5, 0.6) is 0 Å². The molecule has 0 saturated heterocycles. The maximum atomic E-state index is 2.51. The molecule has 12 aromatic rings. The summed E-state index contributed by atoms with van der Waals surface area (Å²) in [5.74, 6) is 0. The zero-order valence-electron chi connectivity index (χ0n) is 30.4. The number of aromatic nitrogens is 2. The molecule has 1 aliphatic rings. The Labute approximate surface area is 322 Å². The predicted molar refractivity (Wildman–Crippen MR) is 238 cm³/mol. The molecule has 2 heteroatoms. The van der Waals surface area contributed by atoms with E-state index in [0.717, 1.165) is 5.69 Å². The molecular weight excluding hydrogens is 677 g/mol. The topological polar surface area (TPSA) is 9.86 Å². The van der Waals surface area contributed by atoms with Crippen molar-refractivity contribution in [2.45, 2.75) is 0 Å². The maximum Gasteiger partial charge on any atom is 0.0641 e. The molecule has 0 bridgehead atoms. The molecule has 2 heterocycles. The molecule has 258 valence electrons. The first-order valence-corrected chi connectivity index (χ1v) is 19.4. The van der Waals surface area contributed by atoms with E-state index in [-0.39, 0.29) is 0 Å². The fourth-order valence-corrected chi connectivity index (χ4v) is 10.0. The average Bonchev–Trinajstić information content (AvgIpc) is 3.91. The van der Waals surface area contributed by atoms with E-state index in [2.05, 4.69) is 203 Å². The smallest absolute Gasteiger partial charge is 0.0641 e. The van der Waals surface area contributed by atoms with Gasteiger partial charge in [0, 0.05) is 38.3 Å². The highest BCUT2D eigenvalue weighted by Gasteiger charge is 2.24. The Balaban J connectivity index is 1.03. The van der Waals surface area contributed by atoms with E-state index in [4.69, 9.17) is 0 Å². The van der Waals surface area contributed by atoms with Gasteiger partial charge in [0.05, 0.1) is 22.1 Å². The predicted octanol–water partition coefficient (Wildman–Crippen LogP) is 14.7. The van der Waals surface area contributed by atoms with Gasteiger partial charge in [0.15, 0.2) is 0 Å². The van der Waals surface area contributed by atoms with E-state index in [9.17, 15) is 0 Å². The number of hydrogen-bond donors (Lipinski definition) is 0. The van der Waals surface area contributed by atoms with E-state index in [1.54, 1.807) is 0 Å². The van der Waals surface area contributed by atoms with Gasteiger partial charge in [0.2, 0.25) is 0 Å². The molecule has 0 spiro atoms. The van der Waals surface area contributed by atoms with Gasteiger partial charge in [0.1, 0.15) is 0 Å². The fourth-order valence-electron chi connectivity index (χ4n) is 10.0.